The van der Waals surface area contributed by atoms with Gasteiger partial charge in [0.2, 0.25) is 0 Å². The number of carbonyl (C=O) groups is 1. The lowest BCUT2D eigenvalue weighted by Gasteiger charge is -2.23. The van der Waals surface area contributed by atoms with Gasteiger partial charge in [-0.1, -0.05) is 39.0 Å². The monoisotopic (exact) mass is 232 g/mol. The van der Waals surface area contributed by atoms with E-state index in [0.29, 0.717) is 6.04 Å². The largest absolute Gasteiger partial charge is 0.335 e. The van der Waals surface area contributed by atoms with Crippen LogP contribution in [0.15, 0.2) is 24.3 Å². The van der Waals surface area contributed by atoms with Crippen LogP contribution in [0.1, 0.15) is 39.2 Å². The predicted octanol–water partition coefficient (Wildman–Crippen LogP) is 3.27. The van der Waals surface area contributed by atoms with Gasteiger partial charge >= 0.3 is 6.03 Å². The van der Waals surface area contributed by atoms with Gasteiger partial charge in [0.05, 0.1) is 0 Å². The Labute approximate surface area is 103 Å². The number of para-hydroxylation sites is 1. The van der Waals surface area contributed by atoms with E-state index in [1.54, 1.807) is 0 Å². The summed E-state index contributed by atoms with van der Waals surface area (Å²) in [6, 6.07) is 8.26. The third-order valence-electron chi connectivity index (χ3n) is 2.90. The summed E-state index contributed by atoms with van der Waals surface area (Å²) in [6.45, 7) is 6.44. The maximum absolute atomic E-state index is 11.7. The van der Waals surface area contributed by atoms with Crippen molar-refractivity contribution in [1.29, 1.82) is 0 Å². The Morgan fingerprint density at radius 1 is 1.24 bits per heavy atom. The molecular weight excluding hydrogens is 212 g/mol. The number of nitrogens with one attached hydrogen (secondary N) is 2. The second-order valence-corrected chi connectivity index (χ2v) is 5.67. The van der Waals surface area contributed by atoms with Crippen LogP contribution in [-0.4, -0.2) is 12.1 Å². The molecule has 1 fully saturated rings. The van der Waals surface area contributed by atoms with Gasteiger partial charge < -0.3 is 10.6 Å². The zero-order chi connectivity index (χ0) is 12.5. The lowest BCUT2D eigenvalue weighted by molar-refractivity contribution is 0.251. The Kier molecular flexibility index (Phi) is 3.09. The van der Waals surface area contributed by atoms with Gasteiger partial charge in [0.1, 0.15) is 0 Å². The van der Waals surface area contributed by atoms with Crippen LogP contribution in [0.5, 0.6) is 0 Å². The first-order valence-corrected chi connectivity index (χ1v) is 6.14. The summed E-state index contributed by atoms with van der Waals surface area (Å²) < 4.78 is 0. The molecule has 3 heteroatoms. The van der Waals surface area contributed by atoms with Crippen LogP contribution in [0.25, 0.3) is 0 Å². The molecule has 0 unspecified atom stereocenters. The van der Waals surface area contributed by atoms with E-state index in [1.807, 2.05) is 18.2 Å². The van der Waals surface area contributed by atoms with Gasteiger partial charge in [-0.05, 0) is 29.9 Å². The molecule has 2 rings (SSSR count). The topological polar surface area (TPSA) is 41.1 Å². The van der Waals surface area contributed by atoms with Crippen molar-refractivity contribution in [2.45, 2.75) is 45.1 Å². The average Bonchev–Trinajstić information content (AvgIpc) is 3.00. The predicted molar refractivity (Wildman–Crippen MR) is 70.3 cm³/mol. The summed E-state index contributed by atoms with van der Waals surface area (Å²) in [4.78, 5) is 11.7. The number of urea groups is 1. The van der Waals surface area contributed by atoms with Crippen molar-refractivity contribution in [2.24, 2.45) is 0 Å². The molecule has 0 spiro atoms. The van der Waals surface area contributed by atoms with Crippen molar-refractivity contribution in [3.8, 4) is 0 Å². The lowest BCUT2D eigenvalue weighted by atomic mass is 9.86. The summed E-state index contributed by atoms with van der Waals surface area (Å²) in [5.41, 5.74) is 2.09. The molecule has 92 valence electrons. The standard InChI is InChI=1S/C14H20N2O/c1-14(2,3)11-6-4-5-7-12(11)16-13(17)15-10-8-9-10/h4-7,10H,8-9H2,1-3H3,(H2,15,16,17). The van der Waals surface area contributed by atoms with Crippen LogP contribution in [0.2, 0.25) is 0 Å². The maximum Gasteiger partial charge on any atom is 0.319 e. The average molecular weight is 232 g/mol. The summed E-state index contributed by atoms with van der Waals surface area (Å²) in [7, 11) is 0. The van der Waals surface area contributed by atoms with Gasteiger partial charge in [-0.3, -0.25) is 0 Å². The highest BCUT2D eigenvalue weighted by molar-refractivity contribution is 5.90. The number of benzene rings is 1. The van der Waals surface area contributed by atoms with Gasteiger partial charge in [0, 0.05) is 11.7 Å². The Bertz CT molecular complexity index is 416. The first kappa shape index (κ1) is 12.0. The zero-order valence-electron chi connectivity index (χ0n) is 10.7. The Morgan fingerprint density at radius 2 is 1.88 bits per heavy atom. The minimum Gasteiger partial charge on any atom is -0.335 e. The van der Waals surface area contributed by atoms with Crippen LogP contribution in [0.3, 0.4) is 0 Å². The van der Waals surface area contributed by atoms with Crippen LogP contribution in [0, 0.1) is 0 Å². The van der Waals surface area contributed by atoms with Crippen LogP contribution < -0.4 is 10.6 Å². The molecular formula is C14H20N2O. The van der Waals surface area contributed by atoms with E-state index in [-0.39, 0.29) is 11.4 Å². The van der Waals surface area contributed by atoms with Crippen molar-refractivity contribution in [2.75, 3.05) is 5.32 Å². The molecule has 0 aliphatic heterocycles. The summed E-state index contributed by atoms with van der Waals surface area (Å²) in [5, 5.41) is 5.87. The summed E-state index contributed by atoms with van der Waals surface area (Å²) >= 11 is 0. The van der Waals surface area contributed by atoms with E-state index < -0.39 is 0 Å². The Balaban J connectivity index is 2.11. The van der Waals surface area contributed by atoms with E-state index in [2.05, 4.69) is 37.5 Å². The molecule has 17 heavy (non-hydrogen) atoms. The number of amides is 2. The molecule has 3 nitrogen and oxygen atoms in total. The number of carbonyl (C=O) groups excluding carboxylic acids is 1. The van der Waals surface area contributed by atoms with Gasteiger partial charge in [-0.2, -0.15) is 0 Å². The second kappa shape index (κ2) is 4.40. The first-order valence-electron chi connectivity index (χ1n) is 6.14. The quantitative estimate of drug-likeness (QED) is 0.807. The van der Waals surface area contributed by atoms with Gasteiger partial charge in [0.25, 0.3) is 0 Å². The molecule has 1 aliphatic carbocycles. The van der Waals surface area contributed by atoms with E-state index in [9.17, 15) is 4.79 Å². The highest BCUT2D eigenvalue weighted by Gasteiger charge is 2.24. The van der Waals surface area contributed by atoms with Crippen LogP contribution >= 0.6 is 0 Å². The molecule has 2 N–H and O–H groups in total. The van der Waals surface area contributed by atoms with E-state index in [4.69, 9.17) is 0 Å². The SMILES string of the molecule is CC(C)(C)c1ccccc1NC(=O)NC1CC1. The highest BCUT2D eigenvalue weighted by atomic mass is 16.2. The van der Waals surface area contributed by atoms with Gasteiger partial charge in [-0.25, -0.2) is 4.79 Å². The maximum atomic E-state index is 11.7. The third-order valence-corrected chi connectivity index (χ3v) is 2.90. The van der Waals surface area contributed by atoms with Crippen molar-refractivity contribution < 1.29 is 4.79 Å². The van der Waals surface area contributed by atoms with Crippen molar-refractivity contribution in [3.63, 3.8) is 0 Å². The number of hydrogen-bond donors (Lipinski definition) is 2. The molecule has 0 bridgehead atoms. The van der Waals surface area contributed by atoms with E-state index in [1.165, 1.54) is 0 Å². The smallest absolute Gasteiger partial charge is 0.319 e. The summed E-state index contributed by atoms with van der Waals surface area (Å²) in [5.74, 6) is 0. The van der Waals surface area contributed by atoms with Crippen molar-refractivity contribution in [3.05, 3.63) is 29.8 Å². The minimum absolute atomic E-state index is 0.0312. The van der Waals surface area contributed by atoms with Crippen LogP contribution in [0.4, 0.5) is 10.5 Å². The Morgan fingerprint density at radius 3 is 2.47 bits per heavy atom. The number of anilines is 1. The molecule has 1 aromatic rings. The fourth-order valence-corrected chi connectivity index (χ4v) is 1.82. The molecule has 0 aromatic heterocycles. The number of rotatable bonds is 2. The Hall–Kier alpha value is -1.51. The molecule has 0 atom stereocenters. The number of hydrogen-bond acceptors (Lipinski definition) is 1. The van der Waals surface area contributed by atoms with E-state index >= 15 is 0 Å². The van der Waals surface area contributed by atoms with E-state index in [0.717, 1.165) is 24.1 Å². The molecule has 0 heterocycles. The van der Waals surface area contributed by atoms with Crippen LogP contribution in [-0.2, 0) is 5.41 Å². The minimum atomic E-state index is -0.0933. The van der Waals surface area contributed by atoms with Gasteiger partial charge in [-0.15, -0.1) is 0 Å². The normalized spacial score (nSPS) is 15.5. The van der Waals surface area contributed by atoms with Gasteiger partial charge in [0.15, 0.2) is 0 Å². The molecule has 2 amide bonds. The fraction of sp³-hybridized carbons (Fsp3) is 0.500. The molecule has 0 radical (unpaired) electrons. The molecule has 1 saturated carbocycles. The molecule has 0 saturated heterocycles. The fourth-order valence-electron chi connectivity index (χ4n) is 1.82. The second-order valence-electron chi connectivity index (χ2n) is 5.67. The van der Waals surface area contributed by atoms with Crippen molar-refractivity contribution >= 4 is 11.7 Å². The highest BCUT2D eigenvalue weighted by Crippen LogP contribution is 2.29. The lowest BCUT2D eigenvalue weighted by Crippen LogP contribution is -2.31. The zero-order valence-corrected chi connectivity index (χ0v) is 10.7. The first-order chi connectivity index (χ1) is 7.97. The third kappa shape index (κ3) is 3.22. The molecule has 1 aromatic carbocycles. The summed E-state index contributed by atoms with van der Waals surface area (Å²) in [6.07, 6.45) is 2.21. The van der Waals surface area contributed by atoms with Crippen molar-refractivity contribution in [1.82, 2.24) is 5.32 Å². The molecule has 1 aliphatic rings.